The lowest BCUT2D eigenvalue weighted by atomic mass is 10.1. The molecule has 0 radical (unpaired) electrons. The van der Waals surface area contributed by atoms with Gasteiger partial charge in [0.05, 0.1) is 11.4 Å². The van der Waals surface area contributed by atoms with E-state index in [-0.39, 0.29) is 0 Å². The summed E-state index contributed by atoms with van der Waals surface area (Å²) >= 11 is 5.83. The Morgan fingerprint density at radius 3 is 2.50 bits per heavy atom. The first kappa shape index (κ1) is 15.7. The fourth-order valence-corrected chi connectivity index (χ4v) is 2.51. The van der Waals surface area contributed by atoms with Gasteiger partial charge in [0, 0.05) is 22.2 Å². The summed E-state index contributed by atoms with van der Waals surface area (Å²) in [6.45, 7) is 0. The molecule has 0 spiro atoms. The number of carbonyl (C=O) groups excluding carboxylic acids is 1. The lowest BCUT2D eigenvalue weighted by Gasteiger charge is -2.11. The number of hydrazine groups is 1. The van der Waals surface area contributed by atoms with Gasteiger partial charge in [0.25, 0.3) is 5.91 Å². The molecule has 7 heteroatoms. The van der Waals surface area contributed by atoms with Gasteiger partial charge in [-0.3, -0.25) is 4.79 Å². The number of carbonyl (C=O) groups is 1. The molecule has 1 heterocycles. The highest BCUT2D eigenvalue weighted by atomic mass is 35.5. The van der Waals surface area contributed by atoms with Gasteiger partial charge in [-0.25, -0.2) is 15.7 Å². The van der Waals surface area contributed by atoms with Crippen molar-refractivity contribution < 1.29 is 4.79 Å². The third kappa shape index (κ3) is 2.86. The number of nitrogens with one attached hydrogen (secondary N) is 1. The third-order valence-electron chi connectivity index (χ3n) is 3.49. The van der Waals surface area contributed by atoms with E-state index in [1.54, 1.807) is 24.3 Å². The van der Waals surface area contributed by atoms with Crippen LogP contribution in [0.15, 0.2) is 59.6 Å². The van der Waals surface area contributed by atoms with Gasteiger partial charge in [0.15, 0.2) is 6.19 Å². The number of fused-ring (bicyclic) bond motifs is 1. The Morgan fingerprint density at radius 2 is 1.88 bits per heavy atom. The Bertz CT molecular complexity index is 896. The van der Waals surface area contributed by atoms with Crippen molar-refractivity contribution in [2.24, 2.45) is 10.8 Å². The van der Waals surface area contributed by atoms with Gasteiger partial charge in [-0.05, 0) is 24.3 Å². The Morgan fingerprint density at radius 1 is 1.21 bits per heavy atom. The normalized spacial score (nSPS) is 13.9. The largest absolute Gasteiger partial charge is 0.308 e. The summed E-state index contributed by atoms with van der Waals surface area (Å²) in [5, 5.41) is 9.83. The van der Waals surface area contributed by atoms with Gasteiger partial charge in [-0.15, -0.1) is 0 Å². The van der Waals surface area contributed by atoms with E-state index in [9.17, 15) is 10.1 Å². The number of nitrogens with zero attached hydrogens (tertiary/aromatic N) is 3. The lowest BCUT2D eigenvalue weighted by molar-refractivity contribution is -0.113. The second-order valence-corrected chi connectivity index (χ2v) is 5.37. The third-order valence-corrected chi connectivity index (χ3v) is 3.74. The molecule has 0 aliphatic carbocycles. The highest BCUT2D eigenvalue weighted by molar-refractivity contribution is 6.30. The summed E-state index contributed by atoms with van der Waals surface area (Å²) in [6.07, 6.45) is 3.17. The lowest BCUT2D eigenvalue weighted by Crippen LogP contribution is -2.29. The zero-order chi connectivity index (χ0) is 17.1. The fourth-order valence-electron chi connectivity index (χ4n) is 2.38. The molecule has 0 fully saturated rings. The van der Waals surface area contributed by atoms with E-state index in [1.807, 2.05) is 30.5 Å². The van der Waals surface area contributed by atoms with Crippen molar-refractivity contribution in [1.82, 2.24) is 5.43 Å². The highest BCUT2D eigenvalue weighted by Crippen LogP contribution is 2.28. The Kier molecular flexibility index (Phi) is 4.29. The van der Waals surface area contributed by atoms with Crippen molar-refractivity contribution >= 4 is 34.7 Å². The Labute approximate surface area is 143 Å². The number of nitrogens with two attached hydrogens (primary N) is 1. The summed E-state index contributed by atoms with van der Waals surface area (Å²) < 4.78 is 0. The molecule has 3 rings (SSSR count). The van der Waals surface area contributed by atoms with Gasteiger partial charge in [-0.1, -0.05) is 35.9 Å². The number of hydrogen-bond acceptors (Lipinski definition) is 5. The topological polar surface area (TPSA) is 94.5 Å². The minimum Gasteiger partial charge on any atom is -0.308 e. The zero-order valence-corrected chi connectivity index (χ0v) is 13.2. The molecule has 24 heavy (non-hydrogen) atoms. The molecule has 1 aliphatic rings. The van der Waals surface area contributed by atoms with E-state index in [1.165, 1.54) is 6.08 Å². The first-order valence-corrected chi connectivity index (χ1v) is 7.38. The van der Waals surface area contributed by atoms with Crippen LogP contribution in [-0.2, 0) is 4.79 Å². The smallest absolute Gasteiger partial charge is 0.266 e. The molecule has 0 saturated carbocycles. The summed E-state index contributed by atoms with van der Waals surface area (Å²) in [5.74, 6) is 5.43. The Hall–Kier alpha value is -3.14. The van der Waals surface area contributed by atoms with Crippen LogP contribution in [0.4, 0.5) is 5.69 Å². The minimum atomic E-state index is -0.508. The van der Waals surface area contributed by atoms with Crippen LogP contribution in [0.2, 0.25) is 5.02 Å². The van der Waals surface area contributed by atoms with Crippen LogP contribution >= 0.6 is 11.6 Å². The Balaban J connectivity index is 1.96. The summed E-state index contributed by atoms with van der Waals surface area (Å²) in [7, 11) is 0. The van der Waals surface area contributed by atoms with Crippen LogP contribution in [-0.4, -0.2) is 11.7 Å². The average Bonchev–Trinajstić information content (AvgIpc) is 2.95. The molecule has 2 aromatic rings. The number of benzene rings is 2. The van der Waals surface area contributed by atoms with E-state index in [0.717, 1.165) is 16.0 Å². The van der Waals surface area contributed by atoms with Crippen LogP contribution in [0.1, 0.15) is 11.1 Å². The molecule has 0 aromatic heterocycles. The predicted molar refractivity (Wildman–Crippen MR) is 92.8 cm³/mol. The molecule has 0 saturated heterocycles. The summed E-state index contributed by atoms with van der Waals surface area (Å²) in [4.78, 5) is 17.8. The van der Waals surface area contributed by atoms with Gasteiger partial charge < -0.3 is 5.43 Å². The number of nitriles is 1. The molecule has 2 aromatic carbocycles. The van der Waals surface area contributed by atoms with Crippen LogP contribution in [0.25, 0.3) is 5.70 Å². The molecular formula is C17H12ClN5O. The first-order valence-electron chi connectivity index (χ1n) is 7.00. The zero-order valence-electron chi connectivity index (χ0n) is 12.4. The fraction of sp³-hybridized carbons (Fsp3) is 0. The molecule has 0 atom stereocenters. The standard InChI is InChI=1S/C17H12ClN5O/c18-11-5-7-12(8-6-11)23(10-19)16(24)9-15-13-3-1-2-4-14(13)17(21-15)22-20/h1-9H,20H2,(H,21,22). The van der Waals surface area contributed by atoms with Gasteiger partial charge in [0.2, 0.25) is 0 Å². The van der Waals surface area contributed by atoms with E-state index in [2.05, 4.69) is 10.4 Å². The summed E-state index contributed by atoms with van der Waals surface area (Å²) in [6, 6.07) is 13.8. The SMILES string of the molecule is N#CN(C(=O)C=C1N=C(NN)c2ccccc21)c1ccc(Cl)cc1. The summed E-state index contributed by atoms with van der Waals surface area (Å²) in [5.41, 5.74) is 4.95. The predicted octanol–water partition coefficient (Wildman–Crippen LogP) is 2.42. The van der Waals surface area contributed by atoms with E-state index in [0.29, 0.717) is 22.2 Å². The molecule has 0 bridgehead atoms. The van der Waals surface area contributed by atoms with Crippen molar-refractivity contribution in [3.8, 4) is 6.19 Å². The van der Waals surface area contributed by atoms with Crippen molar-refractivity contribution in [1.29, 1.82) is 5.26 Å². The molecule has 1 amide bonds. The quantitative estimate of drug-likeness (QED) is 0.289. The van der Waals surface area contributed by atoms with Gasteiger partial charge >= 0.3 is 0 Å². The molecule has 1 aliphatic heterocycles. The molecule has 3 N–H and O–H groups in total. The highest BCUT2D eigenvalue weighted by Gasteiger charge is 2.22. The number of halogens is 1. The monoisotopic (exact) mass is 337 g/mol. The number of amidine groups is 1. The number of amides is 1. The van der Waals surface area contributed by atoms with Crippen LogP contribution in [0.3, 0.4) is 0 Å². The van der Waals surface area contributed by atoms with Crippen molar-refractivity contribution in [3.05, 3.63) is 70.8 Å². The van der Waals surface area contributed by atoms with Crippen molar-refractivity contribution in [2.45, 2.75) is 0 Å². The van der Waals surface area contributed by atoms with E-state index >= 15 is 0 Å². The molecule has 6 nitrogen and oxygen atoms in total. The van der Waals surface area contributed by atoms with Crippen molar-refractivity contribution in [3.63, 3.8) is 0 Å². The van der Waals surface area contributed by atoms with Crippen LogP contribution < -0.4 is 16.2 Å². The second kappa shape index (κ2) is 6.54. The second-order valence-electron chi connectivity index (χ2n) is 4.93. The first-order chi connectivity index (χ1) is 11.6. The number of anilines is 1. The molecule has 0 unspecified atom stereocenters. The maximum Gasteiger partial charge on any atom is 0.266 e. The number of aliphatic imine (C=N–C) groups is 1. The van der Waals surface area contributed by atoms with E-state index in [4.69, 9.17) is 17.4 Å². The van der Waals surface area contributed by atoms with Gasteiger partial charge in [0.1, 0.15) is 5.84 Å². The maximum atomic E-state index is 12.5. The van der Waals surface area contributed by atoms with Crippen LogP contribution in [0.5, 0.6) is 0 Å². The van der Waals surface area contributed by atoms with Crippen molar-refractivity contribution in [2.75, 3.05) is 4.90 Å². The maximum absolute atomic E-state index is 12.5. The molecule has 118 valence electrons. The number of rotatable bonds is 2. The minimum absolute atomic E-state index is 0.427. The molecular weight excluding hydrogens is 326 g/mol. The van der Waals surface area contributed by atoms with Gasteiger partial charge in [-0.2, -0.15) is 5.26 Å². The average molecular weight is 338 g/mol. The van der Waals surface area contributed by atoms with E-state index < -0.39 is 5.91 Å². The van der Waals surface area contributed by atoms with Crippen LogP contribution in [0, 0.1) is 11.5 Å². The number of hydrogen-bond donors (Lipinski definition) is 2.